The van der Waals surface area contributed by atoms with Crippen LogP contribution in [0, 0.1) is 11.8 Å². The molecule has 0 spiro atoms. The minimum absolute atomic E-state index is 0.190. The lowest BCUT2D eigenvalue weighted by Crippen LogP contribution is -2.44. The highest BCUT2D eigenvalue weighted by Gasteiger charge is 2.41. The van der Waals surface area contributed by atoms with Gasteiger partial charge in [-0.2, -0.15) is 0 Å². The number of carboxylic acids is 1. The third-order valence-electron chi connectivity index (χ3n) is 4.34. The van der Waals surface area contributed by atoms with Crippen molar-refractivity contribution in [3.8, 4) is 5.75 Å². The average Bonchev–Trinajstić information content (AvgIpc) is 2.50. The number of rotatable bonds is 6. The van der Waals surface area contributed by atoms with Gasteiger partial charge in [0, 0.05) is 5.39 Å². The highest BCUT2D eigenvalue weighted by atomic mass is 16.5. The van der Waals surface area contributed by atoms with Crippen molar-refractivity contribution in [3.63, 3.8) is 0 Å². The Morgan fingerprint density at radius 1 is 1.09 bits per heavy atom. The van der Waals surface area contributed by atoms with Crippen LogP contribution in [0.25, 0.3) is 10.8 Å². The average molecular weight is 313 g/mol. The summed E-state index contributed by atoms with van der Waals surface area (Å²) in [6, 6.07) is 13.8. The summed E-state index contributed by atoms with van der Waals surface area (Å²) in [6.45, 7) is 0.717. The maximum absolute atomic E-state index is 11.9. The second-order valence-corrected chi connectivity index (χ2v) is 5.75. The molecule has 3 rings (SSSR count). The summed E-state index contributed by atoms with van der Waals surface area (Å²) in [7, 11) is 0. The molecule has 0 bridgehead atoms. The van der Waals surface area contributed by atoms with Gasteiger partial charge in [-0.1, -0.05) is 36.4 Å². The highest BCUT2D eigenvalue weighted by Crippen LogP contribution is 2.34. The van der Waals surface area contributed by atoms with Gasteiger partial charge in [0.1, 0.15) is 12.4 Å². The Bertz CT molecular complexity index is 723. The second-order valence-electron chi connectivity index (χ2n) is 5.75. The largest absolute Gasteiger partial charge is 0.491 e. The first-order valence-corrected chi connectivity index (χ1v) is 7.78. The first kappa shape index (κ1) is 15.3. The highest BCUT2D eigenvalue weighted by molar-refractivity contribution is 5.88. The van der Waals surface area contributed by atoms with E-state index >= 15 is 0 Å². The number of aliphatic carboxylic acids is 1. The van der Waals surface area contributed by atoms with Crippen LogP contribution in [0.5, 0.6) is 5.75 Å². The van der Waals surface area contributed by atoms with Crippen molar-refractivity contribution in [2.75, 3.05) is 13.2 Å². The van der Waals surface area contributed by atoms with Crippen molar-refractivity contribution in [2.45, 2.75) is 12.8 Å². The molecule has 2 aromatic rings. The van der Waals surface area contributed by atoms with Crippen LogP contribution < -0.4 is 10.1 Å². The Hall–Kier alpha value is -2.56. The van der Waals surface area contributed by atoms with E-state index in [2.05, 4.69) is 5.32 Å². The molecule has 2 N–H and O–H groups in total. The third-order valence-corrected chi connectivity index (χ3v) is 4.34. The fourth-order valence-electron chi connectivity index (χ4n) is 2.90. The number of hydrogen-bond acceptors (Lipinski definition) is 3. The lowest BCUT2D eigenvalue weighted by atomic mass is 9.73. The Labute approximate surface area is 134 Å². The standard InChI is InChI=1S/C18H19NO4/c20-17(14-8-9-15(14)18(21)22)19-10-11-23-16-7-3-5-12-4-1-2-6-13(12)16/h1-7,14-15H,8-11H2,(H,19,20)(H,21,22). The van der Waals surface area contributed by atoms with Crippen molar-refractivity contribution in [1.29, 1.82) is 0 Å². The molecule has 0 aliphatic heterocycles. The zero-order valence-electron chi connectivity index (χ0n) is 12.7. The summed E-state index contributed by atoms with van der Waals surface area (Å²) in [5.41, 5.74) is 0. The van der Waals surface area contributed by atoms with Crippen molar-refractivity contribution in [1.82, 2.24) is 5.32 Å². The summed E-state index contributed by atoms with van der Waals surface area (Å²) in [4.78, 5) is 22.9. The van der Waals surface area contributed by atoms with Crippen molar-refractivity contribution in [3.05, 3.63) is 42.5 Å². The third kappa shape index (κ3) is 3.28. The maximum Gasteiger partial charge on any atom is 0.307 e. The number of hydrogen-bond donors (Lipinski definition) is 2. The number of carbonyl (C=O) groups excluding carboxylic acids is 1. The molecule has 120 valence electrons. The molecule has 2 unspecified atom stereocenters. The summed E-state index contributed by atoms with van der Waals surface area (Å²) in [5, 5.41) is 13.9. The van der Waals surface area contributed by atoms with Gasteiger partial charge < -0.3 is 15.2 Å². The smallest absolute Gasteiger partial charge is 0.307 e. The van der Waals surface area contributed by atoms with Crippen molar-refractivity contribution < 1.29 is 19.4 Å². The van der Waals surface area contributed by atoms with E-state index in [0.717, 1.165) is 16.5 Å². The van der Waals surface area contributed by atoms with E-state index in [0.29, 0.717) is 26.0 Å². The maximum atomic E-state index is 11.9. The number of nitrogens with one attached hydrogen (secondary N) is 1. The Kier molecular flexibility index (Phi) is 4.46. The summed E-state index contributed by atoms with van der Waals surface area (Å²) in [6.07, 6.45) is 1.23. The van der Waals surface area contributed by atoms with Crippen LogP contribution in [0.15, 0.2) is 42.5 Å². The van der Waals surface area contributed by atoms with Crippen LogP contribution in [0.2, 0.25) is 0 Å². The zero-order valence-corrected chi connectivity index (χ0v) is 12.7. The molecule has 1 saturated carbocycles. The van der Waals surface area contributed by atoms with E-state index in [-0.39, 0.29) is 5.91 Å². The van der Waals surface area contributed by atoms with Gasteiger partial charge in [0.05, 0.1) is 18.4 Å². The number of benzene rings is 2. The predicted octanol–water partition coefficient (Wildman–Crippen LogP) is 2.45. The molecule has 2 aromatic carbocycles. The molecule has 5 nitrogen and oxygen atoms in total. The number of carboxylic acid groups (broad SMARTS) is 1. The van der Waals surface area contributed by atoms with Crippen LogP contribution >= 0.6 is 0 Å². The van der Waals surface area contributed by atoms with Gasteiger partial charge >= 0.3 is 5.97 Å². The molecule has 5 heteroatoms. The molecule has 0 radical (unpaired) electrons. The molecule has 2 atom stereocenters. The van der Waals surface area contributed by atoms with E-state index in [1.807, 2.05) is 42.5 Å². The normalized spacial score (nSPS) is 19.8. The van der Waals surface area contributed by atoms with E-state index in [1.165, 1.54) is 0 Å². The molecule has 23 heavy (non-hydrogen) atoms. The van der Waals surface area contributed by atoms with Gasteiger partial charge in [-0.05, 0) is 24.3 Å². The van der Waals surface area contributed by atoms with E-state index < -0.39 is 17.8 Å². The van der Waals surface area contributed by atoms with Crippen LogP contribution in [-0.2, 0) is 9.59 Å². The first-order valence-electron chi connectivity index (χ1n) is 7.78. The predicted molar refractivity (Wildman–Crippen MR) is 86.3 cm³/mol. The van der Waals surface area contributed by atoms with E-state index in [4.69, 9.17) is 9.84 Å². The fourth-order valence-corrected chi connectivity index (χ4v) is 2.90. The van der Waals surface area contributed by atoms with E-state index in [1.54, 1.807) is 0 Å². The number of carbonyl (C=O) groups is 2. The zero-order chi connectivity index (χ0) is 16.2. The van der Waals surface area contributed by atoms with E-state index in [9.17, 15) is 9.59 Å². The molecular formula is C18H19NO4. The van der Waals surface area contributed by atoms with Crippen LogP contribution in [0.3, 0.4) is 0 Å². The van der Waals surface area contributed by atoms with Gasteiger partial charge in [-0.15, -0.1) is 0 Å². The molecule has 1 fully saturated rings. The van der Waals surface area contributed by atoms with Gasteiger partial charge in [-0.3, -0.25) is 9.59 Å². The topological polar surface area (TPSA) is 75.6 Å². The molecule has 0 aromatic heterocycles. The summed E-state index contributed by atoms with van der Waals surface area (Å²) in [5.74, 6) is -1.22. The monoisotopic (exact) mass is 313 g/mol. The Morgan fingerprint density at radius 3 is 2.57 bits per heavy atom. The minimum Gasteiger partial charge on any atom is -0.491 e. The van der Waals surface area contributed by atoms with Crippen molar-refractivity contribution >= 4 is 22.6 Å². The summed E-state index contributed by atoms with van der Waals surface area (Å²) < 4.78 is 5.74. The molecular weight excluding hydrogens is 294 g/mol. The number of fused-ring (bicyclic) bond motifs is 1. The SMILES string of the molecule is O=C(O)C1CCC1C(=O)NCCOc1cccc2ccccc12. The first-order chi connectivity index (χ1) is 11.2. The van der Waals surface area contributed by atoms with Crippen LogP contribution in [-0.4, -0.2) is 30.1 Å². The van der Waals surface area contributed by atoms with Gasteiger partial charge in [-0.25, -0.2) is 0 Å². The molecule has 0 heterocycles. The fraction of sp³-hybridized carbons (Fsp3) is 0.333. The van der Waals surface area contributed by atoms with Gasteiger partial charge in [0.2, 0.25) is 5.91 Å². The number of amides is 1. The quantitative estimate of drug-likeness (QED) is 0.803. The Morgan fingerprint density at radius 2 is 1.83 bits per heavy atom. The van der Waals surface area contributed by atoms with Gasteiger partial charge in [0.25, 0.3) is 0 Å². The molecule has 1 aliphatic rings. The van der Waals surface area contributed by atoms with Gasteiger partial charge in [0.15, 0.2) is 0 Å². The second kappa shape index (κ2) is 6.69. The van der Waals surface area contributed by atoms with Crippen LogP contribution in [0.1, 0.15) is 12.8 Å². The number of ether oxygens (including phenoxy) is 1. The molecule has 1 aliphatic carbocycles. The minimum atomic E-state index is -0.886. The molecule has 1 amide bonds. The lowest BCUT2D eigenvalue weighted by Gasteiger charge is -2.31. The molecule has 0 saturated heterocycles. The van der Waals surface area contributed by atoms with Crippen LogP contribution in [0.4, 0.5) is 0 Å². The Balaban J connectivity index is 1.50. The lowest BCUT2D eigenvalue weighted by molar-refractivity contribution is -0.152. The van der Waals surface area contributed by atoms with Crippen molar-refractivity contribution in [2.24, 2.45) is 11.8 Å². The summed E-state index contributed by atoms with van der Waals surface area (Å²) >= 11 is 0.